The Morgan fingerprint density at radius 1 is 1.14 bits per heavy atom. The second-order valence-electron chi connectivity index (χ2n) is 7.61. The van der Waals surface area contributed by atoms with Crippen LogP contribution in [0.3, 0.4) is 0 Å². The summed E-state index contributed by atoms with van der Waals surface area (Å²) in [4.78, 5) is 25.4. The van der Waals surface area contributed by atoms with Crippen LogP contribution in [0.2, 0.25) is 0 Å². The standard InChI is InChI=1S/C20H28N6O2S/c1-3-28-19(27)16-13-21-14(2)22-17(16)25-9-11-26(12-10-25)20-24-23-18(29-20)15-7-5-4-6-8-15/h13,15H,3-12H2,1-2H3. The zero-order valence-electron chi connectivity index (χ0n) is 17.1. The molecule has 0 aromatic carbocycles. The molecule has 0 amide bonds. The molecule has 0 radical (unpaired) electrons. The van der Waals surface area contributed by atoms with E-state index in [-0.39, 0.29) is 5.97 Å². The summed E-state index contributed by atoms with van der Waals surface area (Å²) in [5.74, 6) is 1.53. The number of esters is 1. The first-order valence-electron chi connectivity index (χ1n) is 10.5. The maximum atomic E-state index is 12.3. The lowest BCUT2D eigenvalue weighted by atomic mass is 9.90. The monoisotopic (exact) mass is 416 g/mol. The van der Waals surface area contributed by atoms with Crippen molar-refractivity contribution in [2.24, 2.45) is 0 Å². The Balaban J connectivity index is 1.43. The molecule has 0 spiro atoms. The Bertz CT molecular complexity index is 843. The first-order valence-corrected chi connectivity index (χ1v) is 11.3. The van der Waals surface area contributed by atoms with Crippen LogP contribution in [0.25, 0.3) is 0 Å². The van der Waals surface area contributed by atoms with Crippen molar-refractivity contribution < 1.29 is 9.53 Å². The summed E-state index contributed by atoms with van der Waals surface area (Å²) in [6.45, 7) is 7.15. The molecule has 0 unspecified atom stereocenters. The van der Waals surface area contributed by atoms with Crippen molar-refractivity contribution in [2.45, 2.75) is 51.9 Å². The number of aryl methyl sites for hydroxylation is 1. The summed E-state index contributed by atoms with van der Waals surface area (Å²) in [6, 6.07) is 0. The van der Waals surface area contributed by atoms with Crippen LogP contribution in [0.5, 0.6) is 0 Å². The molecule has 2 aliphatic rings. The molecule has 0 bridgehead atoms. The van der Waals surface area contributed by atoms with Crippen molar-refractivity contribution in [3.05, 3.63) is 22.6 Å². The van der Waals surface area contributed by atoms with E-state index in [1.807, 2.05) is 6.92 Å². The minimum Gasteiger partial charge on any atom is -0.462 e. The van der Waals surface area contributed by atoms with Crippen LogP contribution in [-0.4, -0.2) is 58.9 Å². The third-order valence-corrected chi connectivity index (χ3v) is 6.77. The topological polar surface area (TPSA) is 84.3 Å². The average molecular weight is 417 g/mol. The number of carbonyl (C=O) groups excluding carboxylic acids is 1. The maximum Gasteiger partial charge on any atom is 0.343 e. The van der Waals surface area contributed by atoms with E-state index in [0.29, 0.717) is 29.7 Å². The summed E-state index contributed by atoms with van der Waals surface area (Å²) >= 11 is 1.75. The van der Waals surface area contributed by atoms with Gasteiger partial charge in [-0.1, -0.05) is 30.6 Å². The lowest BCUT2D eigenvalue weighted by Crippen LogP contribution is -2.47. The van der Waals surface area contributed by atoms with Crippen LogP contribution >= 0.6 is 11.3 Å². The van der Waals surface area contributed by atoms with Gasteiger partial charge in [-0.25, -0.2) is 14.8 Å². The van der Waals surface area contributed by atoms with Crippen molar-refractivity contribution in [2.75, 3.05) is 42.6 Å². The van der Waals surface area contributed by atoms with Crippen LogP contribution in [0.4, 0.5) is 10.9 Å². The number of aromatic nitrogens is 4. The number of nitrogens with zero attached hydrogens (tertiary/aromatic N) is 6. The summed E-state index contributed by atoms with van der Waals surface area (Å²) < 4.78 is 5.18. The van der Waals surface area contributed by atoms with Crippen molar-refractivity contribution >= 4 is 28.3 Å². The molecule has 1 saturated carbocycles. The van der Waals surface area contributed by atoms with Crippen LogP contribution < -0.4 is 9.80 Å². The molecule has 1 aliphatic carbocycles. The van der Waals surface area contributed by atoms with E-state index in [0.717, 1.165) is 31.3 Å². The minimum absolute atomic E-state index is 0.334. The molecule has 2 fully saturated rings. The predicted octanol–water partition coefficient (Wildman–Crippen LogP) is 3.19. The molecule has 1 aliphatic heterocycles. The number of rotatable bonds is 5. The molecule has 0 N–H and O–H groups in total. The van der Waals surface area contributed by atoms with Gasteiger partial charge in [-0.15, -0.1) is 10.2 Å². The molecule has 8 nitrogen and oxygen atoms in total. The van der Waals surface area contributed by atoms with E-state index >= 15 is 0 Å². The first-order chi connectivity index (χ1) is 14.2. The molecule has 0 atom stereocenters. The zero-order chi connectivity index (χ0) is 20.2. The van der Waals surface area contributed by atoms with Crippen molar-refractivity contribution in [1.82, 2.24) is 20.2 Å². The van der Waals surface area contributed by atoms with Crippen molar-refractivity contribution in [3.8, 4) is 0 Å². The number of hydrogen-bond acceptors (Lipinski definition) is 9. The molecular weight excluding hydrogens is 388 g/mol. The van der Waals surface area contributed by atoms with Crippen LogP contribution in [0.1, 0.15) is 66.1 Å². The second kappa shape index (κ2) is 9.02. The third-order valence-electron chi connectivity index (χ3n) is 5.62. The lowest BCUT2D eigenvalue weighted by molar-refractivity contribution is 0.0526. The SMILES string of the molecule is CCOC(=O)c1cnc(C)nc1N1CCN(c2nnc(C3CCCCC3)s2)CC1. The Labute approximate surface area is 175 Å². The van der Waals surface area contributed by atoms with E-state index < -0.39 is 0 Å². The van der Waals surface area contributed by atoms with E-state index in [4.69, 9.17) is 4.74 Å². The Morgan fingerprint density at radius 3 is 2.59 bits per heavy atom. The molecule has 2 aromatic rings. The second-order valence-corrected chi connectivity index (χ2v) is 8.59. The van der Waals surface area contributed by atoms with Gasteiger partial charge >= 0.3 is 5.97 Å². The third kappa shape index (κ3) is 4.49. The quantitative estimate of drug-likeness (QED) is 0.687. The van der Waals surface area contributed by atoms with Gasteiger partial charge < -0.3 is 14.5 Å². The van der Waals surface area contributed by atoms with E-state index in [2.05, 4.69) is 30.0 Å². The molecular formula is C20H28N6O2S. The van der Waals surface area contributed by atoms with Gasteiger partial charge in [0, 0.05) is 38.3 Å². The molecule has 9 heteroatoms. The maximum absolute atomic E-state index is 12.3. The molecule has 29 heavy (non-hydrogen) atoms. The molecule has 4 rings (SSSR count). The summed E-state index contributed by atoms with van der Waals surface area (Å²) in [5, 5.41) is 11.2. The predicted molar refractivity (Wildman–Crippen MR) is 113 cm³/mol. The zero-order valence-corrected chi connectivity index (χ0v) is 18.0. The normalized spacial score (nSPS) is 18.1. The van der Waals surface area contributed by atoms with Gasteiger partial charge in [0.2, 0.25) is 5.13 Å². The fraction of sp³-hybridized carbons (Fsp3) is 0.650. The summed E-state index contributed by atoms with van der Waals surface area (Å²) in [7, 11) is 0. The molecule has 2 aromatic heterocycles. The van der Waals surface area contributed by atoms with Crippen molar-refractivity contribution in [3.63, 3.8) is 0 Å². The number of piperazine rings is 1. The highest BCUT2D eigenvalue weighted by molar-refractivity contribution is 7.15. The average Bonchev–Trinajstić information content (AvgIpc) is 3.25. The van der Waals surface area contributed by atoms with E-state index in [1.54, 1.807) is 24.5 Å². The fourth-order valence-corrected chi connectivity index (χ4v) is 5.09. The largest absolute Gasteiger partial charge is 0.462 e. The van der Waals surface area contributed by atoms with Gasteiger partial charge in [0.15, 0.2) is 0 Å². The Hall–Kier alpha value is -2.29. The molecule has 1 saturated heterocycles. The van der Waals surface area contributed by atoms with Crippen LogP contribution in [0, 0.1) is 6.92 Å². The van der Waals surface area contributed by atoms with E-state index in [1.165, 1.54) is 37.1 Å². The smallest absolute Gasteiger partial charge is 0.343 e. The van der Waals surface area contributed by atoms with Gasteiger partial charge in [-0.05, 0) is 26.7 Å². The molecule has 3 heterocycles. The van der Waals surface area contributed by atoms with E-state index in [9.17, 15) is 4.79 Å². The Kier molecular flexibility index (Phi) is 6.22. The number of hydrogen-bond donors (Lipinski definition) is 0. The van der Waals surface area contributed by atoms with Crippen LogP contribution in [0.15, 0.2) is 6.20 Å². The van der Waals surface area contributed by atoms with Gasteiger partial charge in [-0.2, -0.15) is 0 Å². The highest BCUT2D eigenvalue weighted by atomic mass is 32.1. The number of anilines is 2. The molecule has 156 valence electrons. The highest BCUT2D eigenvalue weighted by Gasteiger charge is 2.27. The lowest BCUT2D eigenvalue weighted by Gasteiger charge is -2.35. The van der Waals surface area contributed by atoms with Crippen molar-refractivity contribution in [1.29, 1.82) is 0 Å². The van der Waals surface area contributed by atoms with Gasteiger partial charge in [0.25, 0.3) is 0 Å². The minimum atomic E-state index is -0.369. The summed E-state index contributed by atoms with van der Waals surface area (Å²) in [6.07, 6.45) is 8.01. The fourth-order valence-electron chi connectivity index (χ4n) is 4.03. The number of ether oxygens (including phenoxy) is 1. The van der Waals surface area contributed by atoms with Gasteiger partial charge in [-0.3, -0.25) is 0 Å². The Morgan fingerprint density at radius 2 is 1.86 bits per heavy atom. The summed E-state index contributed by atoms with van der Waals surface area (Å²) in [5.41, 5.74) is 0.432. The number of carbonyl (C=O) groups is 1. The van der Waals surface area contributed by atoms with Crippen LogP contribution in [-0.2, 0) is 4.74 Å². The first kappa shape index (κ1) is 20.0. The highest BCUT2D eigenvalue weighted by Crippen LogP contribution is 2.36. The van der Waals surface area contributed by atoms with Gasteiger partial charge in [0.1, 0.15) is 22.2 Å². The van der Waals surface area contributed by atoms with Gasteiger partial charge in [0.05, 0.1) is 6.61 Å².